The third-order valence-electron chi connectivity index (χ3n) is 4.44. The van der Waals surface area contributed by atoms with Crippen LogP contribution in [0, 0.1) is 0 Å². The van der Waals surface area contributed by atoms with Crippen molar-refractivity contribution in [3.63, 3.8) is 0 Å². The molecule has 0 spiro atoms. The fourth-order valence-electron chi connectivity index (χ4n) is 3.28. The van der Waals surface area contributed by atoms with Crippen LogP contribution in [0.1, 0.15) is 42.5 Å². The van der Waals surface area contributed by atoms with Gasteiger partial charge in [0.15, 0.2) is 0 Å². The lowest BCUT2D eigenvalue weighted by molar-refractivity contribution is 0.0362. The molecular formula is C19H22ClNO. The lowest BCUT2D eigenvalue weighted by Gasteiger charge is -2.37. The summed E-state index contributed by atoms with van der Waals surface area (Å²) in [6, 6.07) is 17.8. The summed E-state index contributed by atoms with van der Waals surface area (Å²) in [5, 5.41) is 11.7. The Morgan fingerprint density at radius 1 is 0.818 bits per heavy atom. The lowest BCUT2D eigenvalue weighted by atomic mass is 9.93. The van der Waals surface area contributed by atoms with Crippen molar-refractivity contribution in [1.29, 1.82) is 0 Å². The summed E-state index contributed by atoms with van der Waals surface area (Å²) in [4.78, 5) is 2.41. The van der Waals surface area contributed by atoms with E-state index in [-0.39, 0.29) is 6.04 Å². The number of nitrogens with zero attached hydrogens (tertiary/aromatic N) is 1. The Kier molecular flexibility index (Phi) is 5.14. The zero-order valence-electron chi connectivity index (χ0n) is 12.7. The molecule has 0 aromatic heterocycles. The Morgan fingerprint density at radius 3 is 2.09 bits per heavy atom. The van der Waals surface area contributed by atoms with E-state index in [1.54, 1.807) is 0 Å². The number of rotatable bonds is 4. The van der Waals surface area contributed by atoms with Crippen molar-refractivity contribution < 1.29 is 5.11 Å². The van der Waals surface area contributed by atoms with Crippen molar-refractivity contribution in [2.75, 3.05) is 13.1 Å². The Bertz CT molecular complexity index is 578. The number of halogens is 1. The van der Waals surface area contributed by atoms with E-state index in [2.05, 4.69) is 4.90 Å². The smallest absolute Gasteiger partial charge is 0.0986 e. The van der Waals surface area contributed by atoms with Crippen LogP contribution in [0.25, 0.3) is 0 Å². The first-order valence-corrected chi connectivity index (χ1v) is 8.36. The quantitative estimate of drug-likeness (QED) is 0.891. The first-order valence-electron chi connectivity index (χ1n) is 7.98. The molecule has 1 aliphatic rings. The second-order valence-corrected chi connectivity index (χ2v) is 6.38. The Morgan fingerprint density at radius 2 is 1.45 bits per heavy atom. The summed E-state index contributed by atoms with van der Waals surface area (Å²) in [5.41, 5.74) is 2.09. The van der Waals surface area contributed by atoms with Gasteiger partial charge in [-0.3, -0.25) is 4.90 Å². The Labute approximate surface area is 137 Å². The van der Waals surface area contributed by atoms with Gasteiger partial charge in [0, 0.05) is 5.02 Å². The van der Waals surface area contributed by atoms with Crippen LogP contribution in [-0.4, -0.2) is 23.1 Å². The number of hydrogen-bond donors (Lipinski definition) is 1. The summed E-state index contributed by atoms with van der Waals surface area (Å²) in [7, 11) is 0. The van der Waals surface area contributed by atoms with Crippen molar-refractivity contribution in [1.82, 2.24) is 4.90 Å². The van der Waals surface area contributed by atoms with E-state index in [0.717, 1.165) is 29.2 Å². The third-order valence-corrected chi connectivity index (χ3v) is 4.69. The van der Waals surface area contributed by atoms with Gasteiger partial charge in [-0.15, -0.1) is 0 Å². The average Bonchev–Trinajstić information content (AvgIpc) is 2.58. The van der Waals surface area contributed by atoms with Gasteiger partial charge in [-0.05, 0) is 49.2 Å². The summed E-state index contributed by atoms with van der Waals surface area (Å²) in [5.74, 6) is 0. The van der Waals surface area contributed by atoms with Gasteiger partial charge in [0.25, 0.3) is 0 Å². The molecule has 1 heterocycles. The van der Waals surface area contributed by atoms with Gasteiger partial charge in [0.05, 0.1) is 12.1 Å². The summed E-state index contributed by atoms with van der Waals surface area (Å²) < 4.78 is 0. The molecule has 1 saturated heterocycles. The van der Waals surface area contributed by atoms with E-state index in [0.29, 0.717) is 0 Å². The summed E-state index contributed by atoms with van der Waals surface area (Å²) >= 11 is 6.02. The van der Waals surface area contributed by atoms with E-state index in [1.807, 2.05) is 54.6 Å². The molecule has 116 valence electrons. The first kappa shape index (κ1) is 15.5. The molecule has 0 bridgehead atoms. The molecule has 22 heavy (non-hydrogen) atoms. The summed E-state index contributed by atoms with van der Waals surface area (Å²) in [6.45, 7) is 2.08. The largest absolute Gasteiger partial charge is 0.386 e. The number of piperidine rings is 1. The molecule has 0 aliphatic carbocycles. The predicted octanol–water partition coefficient (Wildman–Crippen LogP) is 4.60. The number of likely N-dealkylation sites (tertiary alicyclic amines) is 1. The minimum absolute atomic E-state index is 0.0139. The topological polar surface area (TPSA) is 23.5 Å². The van der Waals surface area contributed by atoms with Gasteiger partial charge in [0.1, 0.15) is 0 Å². The number of hydrogen-bond acceptors (Lipinski definition) is 2. The van der Waals surface area contributed by atoms with Crippen LogP contribution in [0.2, 0.25) is 5.02 Å². The second kappa shape index (κ2) is 7.28. The molecule has 2 nitrogen and oxygen atoms in total. The van der Waals surface area contributed by atoms with Crippen molar-refractivity contribution in [2.45, 2.75) is 31.4 Å². The normalized spacial score (nSPS) is 18.8. The molecule has 0 saturated carbocycles. The molecule has 0 radical (unpaired) electrons. The molecule has 3 rings (SSSR count). The summed E-state index contributed by atoms with van der Waals surface area (Å²) in [6.07, 6.45) is 3.16. The van der Waals surface area contributed by atoms with E-state index < -0.39 is 6.10 Å². The van der Waals surface area contributed by atoms with Crippen LogP contribution < -0.4 is 0 Å². The van der Waals surface area contributed by atoms with Crippen LogP contribution in [-0.2, 0) is 0 Å². The lowest BCUT2D eigenvalue weighted by Crippen LogP contribution is -2.37. The number of aliphatic hydroxyl groups excluding tert-OH is 1. The maximum Gasteiger partial charge on any atom is 0.0986 e. The zero-order chi connectivity index (χ0) is 15.4. The van der Waals surface area contributed by atoms with Crippen molar-refractivity contribution in [3.05, 3.63) is 70.7 Å². The molecule has 0 unspecified atom stereocenters. The fourth-order valence-corrected chi connectivity index (χ4v) is 3.41. The maximum absolute atomic E-state index is 11.0. The maximum atomic E-state index is 11.0. The van der Waals surface area contributed by atoms with Crippen LogP contribution in [0.4, 0.5) is 0 Å². The van der Waals surface area contributed by atoms with Gasteiger partial charge < -0.3 is 5.11 Å². The van der Waals surface area contributed by atoms with E-state index in [4.69, 9.17) is 11.6 Å². The minimum Gasteiger partial charge on any atom is -0.386 e. The van der Waals surface area contributed by atoms with E-state index in [9.17, 15) is 5.11 Å². The molecular weight excluding hydrogens is 294 g/mol. The third kappa shape index (κ3) is 3.52. The monoisotopic (exact) mass is 315 g/mol. The van der Waals surface area contributed by atoms with E-state index in [1.165, 1.54) is 19.3 Å². The standard InChI is InChI=1S/C19H22ClNO/c20-17-11-9-15(10-12-17)18(21-13-5-2-6-14-21)19(22)16-7-3-1-4-8-16/h1,3-4,7-12,18-19,22H,2,5-6,13-14H2/t18-,19-/m0/s1. The van der Waals surface area contributed by atoms with Crippen molar-refractivity contribution >= 4 is 11.6 Å². The predicted molar refractivity (Wildman–Crippen MR) is 91.0 cm³/mol. The number of aliphatic hydroxyl groups is 1. The average molecular weight is 316 g/mol. The molecule has 1 fully saturated rings. The van der Waals surface area contributed by atoms with Gasteiger partial charge in [-0.25, -0.2) is 0 Å². The van der Waals surface area contributed by atoms with Gasteiger partial charge in [-0.2, -0.15) is 0 Å². The highest BCUT2D eigenvalue weighted by Crippen LogP contribution is 2.36. The second-order valence-electron chi connectivity index (χ2n) is 5.95. The molecule has 2 aromatic rings. The van der Waals surface area contributed by atoms with Gasteiger partial charge in [0.2, 0.25) is 0 Å². The molecule has 1 N–H and O–H groups in total. The number of benzene rings is 2. The highest BCUT2D eigenvalue weighted by molar-refractivity contribution is 6.30. The molecule has 3 heteroatoms. The fraction of sp³-hybridized carbons (Fsp3) is 0.368. The zero-order valence-corrected chi connectivity index (χ0v) is 13.4. The van der Waals surface area contributed by atoms with Crippen molar-refractivity contribution in [3.8, 4) is 0 Å². The van der Waals surface area contributed by atoms with Gasteiger partial charge >= 0.3 is 0 Å². The van der Waals surface area contributed by atoms with Crippen LogP contribution in [0.15, 0.2) is 54.6 Å². The minimum atomic E-state index is -0.527. The van der Waals surface area contributed by atoms with Crippen LogP contribution in [0.3, 0.4) is 0 Å². The Balaban J connectivity index is 1.93. The molecule has 2 aromatic carbocycles. The van der Waals surface area contributed by atoms with Crippen molar-refractivity contribution in [2.24, 2.45) is 0 Å². The van der Waals surface area contributed by atoms with Crippen LogP contribution >= 0.6 is 11.6 Å². The van der Waals surface area contributed by atoms with Gasteiger partial charge in [-0.1, -0.05) is 60.5 Å². The molecule has 1 aliphatic heterocycles. The Hall–Kier alpha value is -1.35. The highest BCUT2D eigenvalue weighted by atomic mass is 35.5. The highest BCUT2D eigenvalue weighted by Gasteiger charge is 2.29. The first-order chi connectivity index (χ1) is 10.8. The molecule has 0 amide bonds. The van der Waals surface area contributed by atoms with Crippen LogP contribution in [0.5, 0.6) is 0 Å². The molecule has 2 atom stereocenters. The van der Waals surface area contributed by atoms with E-state index >= 15 is 0 Å². The SMILES string of the molecule is O[C@@H](c1ccccc1)[C@H](c1ccc(Cl)cc1)N1CCCCC1.